The molecule has 3 aromatic carbocycles. The highest BCUT2D eigenvalue weighted by molar-refractivity contribution is 5.96. The number of aryl methyl sites for hydroxylation is 2. The Morgan fingerprint density at radius 2 is 1.60 bits per heavy atom. The molecule has 0 aromatic heterocycles. The number of fused-ring (bicyclic) bond motifs is 1. The molecule has 3 aromatic rings. The lowest BCUT2D eigenvalue weighted by molar-refractivity contribution is -0.908. The second kappa shape index (κ2) is 9.55. The van der Waals surface area contributed by atoms with E-state index in [1.54, 1.807) is 0 Å². The minimum atomic E-state index is -0.274. The summed E-state index contributed by atoms with van der Waals surface area (Å²) in [5.41, 5.74) is 3.99. The Bertz CT molecular complexity index is 1040. The van der Waals surface area contributed by atoms with Crippen LogP contribution in [-0.2, 0) is 16.1 Å². The summed E-state index contributed by atoms with van der Waals surface area (Å²) in [5.74, 6) is -0.356. The molecular formula is C25H30N3O2+. The van der Waals surface area contributed by atoms with Crippen LogP contribution in [0.2, 0.25) is 0 Å². The zero-order chi connectivity index (χ0) is 21.7. The fraction of sp³-hybridized carbons (Fsp3) is 0.280. The largest absolute Gasteiger partial charge is 0.342 e. The number of carbonyl (C=O) groups excluding carboxylic acids is 2. The molecule has 1 unspecified atom stereocenters. The Morgan fingerprint density at radius 3 is 2.30 bits per heavy atom. The van der Waals surface area contributed by atoms with Crippen LogP contribution >= 0.6 is 0 Å². The van der Waals surface area contributed by atoms with Gasteiger partial charge in [-0.05, 0) is 48.7 Å². The van der Waals surface area contributed by atoms with Gasteiger partial charge in [0.15, 0.2) is 6.04 Å². The van der Waals surface area contributed by atoms with Gasteiger partial charge in [0, 0.05) is 11.3 Å². The van der Waals surface area contributed by atoms with Crippen molar-refractivity contribution >= 4 is 28.3 Å². The lowest BCUT2D eigenvalue weighted by atomic mass is 10.1. The van der Waals surface area contributed by atoms with E-state index in [0.29, 0.717) is 0 Å². The number of hydrogen-bond acceptors (Lipinski definition) is 2. The fourth-order valence-corrected chi connectivity index (χ4v) is 3.56. The minimum absolute atomic E-state index is 0.0415. The van der Waals surface area contributed by atoms with Crippen LogP contribution < -0.4 is 15.5 Å². The van der Waals surface area contributed by atoms with Crippen LogP contribution in [0.1, 0.15) is 23.6 Å². The highest BCUT2D eigenvalue weighted by Crippen LogP contribution is 2.19. The number of likely N-dealkylation sites (N-methyl/N-ethyl adjacent to an activating group) is 1. The average Bonchev–Trinajstić information content (AvgIpc) is 2.74. The molecule has 0 heterocycles. The van der Waals surface area contributed by atoms with E-state index in [0.717, 1.165) is 28.3 Å². The summed E-state index contributed by atoms with van der Waals surface area (Å²) in [6.07, 6.45) is 0. The number of rotatable bonds is 7. The van der Waals surface area contributed by atoms with Crippen LogP contribution in [0.3, 0.4) is 0 Å². The standard InChI is InChI=1S/C25H29N3O2/c1-17-8-7-9-18(2)24(17)27-23(29)15-26-25(30)19(3)28(4)16-20-12-13-21-10-5-6-11-22(21)14-20/h5-14,19H,15-16H2,1-4H3,(H,26,30)(H,27,29)/p+1/t19-/m0/s1. The first-order valence-corrected chi connectivity index (χ1v) is 10.3. The Hall–Kier alpha value is -3.18. The van der Waals surface area contributed by atoms with Crippen LogP contribution in [0, 0.1) is 13.8 Å². The summed E-state index contributed by atoms with van der Waals surface area (Å²) in [6, 6.07) is 20.2. The molecule has 0 aliphatic rings. The van der Waals surface area contributed by atoms with Crippen molar-refractivity contribution in [1.29, 1.82) is 0 Å². The quantitative estimate of drug-likeness (QED) is 0.567. The highest BCUT2D eigenvalue weighted by Gasteiger charge is 2.22. The molecule has 0 spiro atoms. The molecule has 3 N–H and O–H groups in total. The van der Waals surface area contributed by atoms with E-state index >= 15 is 0 Å². The van der Waals surface area contributed by atoms with Gasteiger partial charge >= 0.3 is 0 Å². The van der Waals surface area contributed by atoms with Crippen molar-refractivity contribution < 1.29 is 14.5 Å². The SMILES string of the molecule is Cc1cccc(C)c1NC(=O)CNC(=O)[C@H](C)[NH+](C)Cc1ccc2ccccc2c1. The first-order chi connectivity index (χ1) is 14.3. The second-order valence-electron chi connectivity index (χ2n) is 7.96. The third-order valence-electron chi connectivity index (χ3n) is 5.60. The summed E-state index contributed by atoms with van der Waals surface area (Å²) in [5, 5.41) is 8.07. The van der Waals surface area contributed by atoms with Crippen molar-refractivity contribution in [2.24, 2.45) is 0 Å². The topological polar surface area (TPSA) is 62.6 Å². The van der Waals surface area contributed by atoms with Crippen molar-refractivity contribution in [2.75, 3.05) is 18.9 Å². The molecule has 2 amide bonds. The molecular weight excluding hydrogens is 374 g/mol. The Balaban J connectivity index is 1.53. The zero-order valence-corrected chi connectivity index (χ0v) is 18.1. The van der Waals surface area contributed by atoms with E-state index in [9.17, 15) is 9.59 Å². The van der Waals surface area contributed by atoms with Gasteiger partial charge in [0.1, 0.15) is 6.54 Å². The molecule has 0 bridgehead atoms. The maximum absolute atomic E-state index is 12.6. The third-order valence-corrected chi connectivity index (χ3v) is 5.60. The maximum Gasteiger partial charge on any atom is 0.278 e. The van der Waals surface area contributed by atoms with Gasteiger partial charge in [0.2, 0.25) is 5.91 Å². The van der Waals surface area contributed by atoms with E-state index in [1.807, 2.05) is 58.2 Å². The Morgan fingerprint density at radius 1 is 0.933 bits per heavy atom. The molecule has 0 aliphatic carbocycles. The van der Waals surface area contributed by atoms with E-state index in [1.165, 1.54) is 16.3 Å². The molecule has 0 saturated heterocycles. The van der Waals surface area contributed by atoms with Crippen molar-refractivity contribution in [3.8, 4) is 0 Å². The minimum Gasteiger partial charge on any atom is -0.342 e. The number of hydrogen-bond donors (Lipinski definition) is 3. The normalized spacial score (nSPS) is 12.9. The average molecular weight is 405 g/mol. The van der Waals surface area contributed by atoms with E-state index < -0.39 is 0 Å². The summed E-state index contributed by atoms with van der Waals surface area (Å²) in [7, 11) is 2.00. The van der Waals surface area contributed by atoms with E-state index in [2.05, 4.69) is 41.0 Å². The maximum atomic E-state index is 12.6. The number of para-hydroxylation sites is 1. The molecule has 30 heavy (non-hydrogen) atoms. The van der Waals surface area contributed by atoms with Crippen LogP contribution in [-0.4, -0.2) is 31.4 Å². The van der Waals surface area contributed by atoms with Crippen LogP contribution in [0.4, 0.5) is 5.69 Å². The van der Waals surface area contributed by atoms with Gasteiger partial charge in [-0.3, -0.25) is 9.59 Å². The zero-order valence-electron chi connectivity index (χ0n) is 18.1. The first-order valence-electron chi connectivity index (χ1n) is 10.3. The molecule has 3 rings (SSSR count). The van der Waals surface area contributed by atoms with Crippen molar-refractivity contribution in [1.82, 2.24) is 5.32 Å². The Kier molecular flexibility index (Phi) is 6.85. The molecule has 2 atom stereocenters. The van der Waals surface area contributed by atoms with Gasteiger partial charge in [-0.2, -0.15) is 0 Å². The monoisotopic (exact) mass is 404 g/mol. The summed E-state index contributed by atoms with van der Waals surface area (Å²) in [4.78, 5) is 25.9. The lowest BCUT2D eigenvalue weighted by Gasteiger charge is -2.21. The summed E-state index contributed by atoms with van der Waals surface area (Å²) < 4.78 is 0. The highest BCUT2D eigenvalue weighted by atomic mass is 16.2. The van der Waals surface area contributed by atoms with Crippen molar-refractivity contribution in [3.63, 3.8) is 0 Å². The van der Waals surface area contributed by atoms with Gasteiger partial charge in [0.25, 0.3) is 5.91 Å². The van der Waals surface area contributed by atoms with Crippen LogP contribution in [0.15, 0.2) is 60.7 Å². The first kappa shape index (κ1) is 21.5. The number of anilines is 1. The molecule has 0 saturated carbocycles. The molecule has 0 aliphatic heterocycles. The fourth-order valence-electron chi connectivity index (χ4n) is 3.56. The van der Waals surface area contributed by atoms with Gasteiger partial charge in [0.05, 0.1) is 13.6 Å². The molecule has 5 heteroatoms. The van der Waals surface area contributed by atoms with Crippen molar-refractivity contribution in [3.05, 3.63) is 77.4 Å². The smallest absolute Gasteiger partial charge is 0.278 e. The predicted molar refractivity (Wildman–Crippen MR) is 122 cm³/mol. The van der Waals surface area contributed by atoms with Gasteiger partial charge < -0.3 is 15.5 Å². The van der Waals surface area contributed by atoms with Crippen LogP contribution in [0.25, 0.3) is 10.8 Å². The predicted octanol–water partition coefficient (Wildman–Crippen LogP) is 2.61. The molecule has 0 radical (unpaired) electrons. The molecule has 5 nitrogen and oxygen atoms in total. The number of amides is 2. The summed E-state index contributed by atoms with van der Waals surface area (Å²) in [6.45, 7) is 6.48. The Labute approximate surface area is 178 Å². The molecule has 156 valence electrons. The van der Waals surface area contributed by atoms with Gasteiger partial charge in [-0.25, -0.2) is 0 Å². The second-order valence-corrected chi connectivity index (χ2v) is 7.96. The number of benzene rings is 3. The van der Waals surface area contributed by atoms with Gasteiger partial charge in [-0.1, -0.05) is 54.6 Å². The summed E-state index contributed by atoms with van der Waals surface area (Å²) >= 11 is 0. The van der Waals surface area contributed by atoms with Crippen molar-refractivity contribution in [2.45, 2.75) is 33.4 Å². The van der Waals surface area contributed by atoms with Crippen LogP contribution in [0.5, 0.6) is 0 Å². The number of quaternary nitrogens is 1. The van der Waals surface area contributed by atoms with E-state index in [-0.39, 0.29) is 24.4 Å². The third kappa shape index (κ3) is 5.24. The van der Waals surface area contributed by atoms with Gasteiger partial charge in [-0.15, -0.1) is 0 Å². The van der Waals surface area contributed by atoms with E-state index in [4.69, 9.17) is 0 Å². The number of carbonyl (C=O) groups is 2. The lowest BCUT2D eigenvalue weighted by Crippen LogP contribution is -3.12. The number of nitrogens with one attached hydrogen (secondary N) is 3. The molecule has 0 fully saturated rings.